The molecular formula is C18H21N3O. The van der Waals surface area contributed by atoms with Crippen LogP contribution in [0.15, 0.2) is 30.6 Å². The highest BCUT2D eigenvalue weighted by atomic mass is 16.2. The second-order valence-electron chi connectivity index (χ2n) is 6.61. The molecule has 1 saturated heterocycles. The van der Waals surface area contributed by atoms with Gasteiger partial charge in [0.1, 0.15) is 5.69 Å². The van der Waals surface area contributed by atoms with Crippen LogP contribution in [0.4, 0.5) is 0 Å². The van der Waals surface area contributed by atoms with Crippen molar-refractivity contribution >= 4 is 16.8 Å². The number of amides is 1. The molecule has 0 bridgehead atoms. The monoisotopic (exact) mass is 295 g/mol. The Kier molecular flexibility index (Phi) is 3.32. The van der Waals surface area contributed by atoms with Crippen LogP contribution >= 0.6 is 0 Å². The van der Waals surface area contributed by atoms with Gasteiger partial charge in [0.05, 0.1) is 11.7 Å². The van der Waals surface area contributed by atoms with Gasteiger partial charge in [0.25, 0.3) is 5.91 Å². The Balaban J connectivity index is 1.67. The van der Waals surface area contributed by atoms with Crippen LogP contribution in [0.2, 0.25) is 0 Å². The summed E-state index contributed by atoms with van der Waals surface area (Å²) < 4.78 is 0. The molecule has 114 valence electrons. The number of nitrogens with zero attached hydrogens (tertiary/aromatic N) is 3. The van der Waals surface area contributed by atoms with Crippen molar-refractivity contribution in [2.75, 3.05) is 6.54 Å². The van der Waals surface area contributed by atoms with Crippen LogP contribution in [0.25, 0.3) is 10.9 Å². The number of hydrogen-bond acceptors (Lipinski definition) is 3. The van der Waals surface area contributed by atoms with E-state index in [0.717, 1.165) is 43.1 Å². The van der Waals surface area contributed by atoms with Crippen LogP contribution in [0.5, 0.6) is 0 Å². The van der Waals surface area contributed by atoms with E-state index in [4.69, 9.17) is 0 Å². The van der Waals surface area contributed by atoms with Crippen molar-refractivity contribution in [3.05, 3.63) is 36.3 Å². The molecule has 0 aromatic carbocycles. The van der Waals surface area contributed by atoms with Gasteiger partial charge < -0.3 is 4.90 Å². The molecule has 1 aliphatic carbocycles. The summed E-state index contributed by atoms with van der Waals surface area (Å²) in [6, 6.07) is 5.76. The van der Waals surface area contributed by atoms with Crippen LogP contribution < -0.4 is 0 Å². The Morgan fingerprint density at radius 1 is 1.05 bits per heavy atom. The Labute approximate surface area is 130 Å². The molecule has 2 aromatic rings. The third kappa shape index (κ3) is 2.18. The third-order valence-corrected chi connectivity index (χ3v) is 5.34. The molecule has 0 radical (unpaired) electrons. The van der Waals surface area contributed by atoms with Gasteiger partial charge >= 0.3 is 0 Å². The fraction of sp³-hybridized carbons (Fsp3) is 0.500. The van der Waals surface area contributed by atoms with Crippen LogP contribution in [0.1, 0.15) is 55.4 Å². The zero-order valence-corrected chi connectivity index (χ0v) is 12.8. The zero-order chi connectivity index (χ0) is 15.0. The summed E-state index contributed by atoms with van der Waals surface area (Å²) >= 11 is 0. The fourth-order valence-electron chi connectivity index (χ4n) is 4.21. The van der Waals surface area contributed by atoms with Crippen LogP contribution in [0, 0.1) is 0 Å². The van der Waals surface area contributed by atoms with Gasteiger partial charge in [0.15, 0.2) is 0 Å². The first-order valence-corrected chi connectivity index (χ1v) is 8.31. The lowest BCUT2D eigenvalue weighted by Gasteiger charge is -2.41. The third-order valence-electron chi connectivity index (χ3n) is 5.34. The molecule has 0 N–H and O–H groups in total. The highest BCUT2D eigenvalue weighted by molar-refractivity contribution is 5.95. The highest BCUT2D eigenvalue weighted by Gasteiger charge is 2.44. The predicted octanol–water partition coefficient (Wildman–Crippen LogP) is 3.57. The molecule has 1 amide bonds. The van der Waals surface area contributed by atoms with Crippen LogP contribution in [-0.4, -0.2) is 32.9 Å². The van der Waals surface area contributed by atoms with Gasteiger partial charge in [-0.15, -0.1) is 0 Å². The van der Waals surface area contributed by atoms with Crippen molar-refractivity contribution in [3.63, 3.8) is 0 Å². The van der Waals surface area contributed by atoms with Gasteiger partial charge in [0, 0.05) is 23.7 Å². The van der Waals surface area contributed by atoms with Crippen molar-refractivity contribution < 1.29 is 4.79 Å². The SMILES string of the molecule is O=C(c1ccc2ccncc2n1)N1CCCC12CCCCC2. The van der Waals surface area contributed by atoms with Gasteiger partial charge in [-0.2, -0.15) is 0 Å². The number of carbonyl (C=O) groups is 1. The average Bonchev–Trinajstić information content (AvgIpc) is 2.97. The molecule has 2 aromatic heterocycles. The molecule has 4 rings (SSSR count). The normalized spacial score (nSPS) is 20.6. The largest absolute Gasteiger partial charge is 0.332 e. The lowest BCUT2D eigenvalue weighted by atomic mass is 9.79. The number of fused-ring (bicyclic) bond motifs is 1. The minimum atomic E-state index is 0.102. The molecule has 1 saturated carbocycles. The van der Waals surface area contributed by atoms with Crippen molar-refractivity contribution in [2.24, 2.45) is 0 Å². The second-order valence-corrected chi connectivity index (χ2v) is 6.61. The van der Waals surface area contributed by atoms with E-state index >= 15 is 0 Å². The number of hydrogen-bond donors (Lipinski definition) is 0. The standard InChI is InChI=1S/C18H21N3O/c22-17(15-6-5-14-7-11-19-13-16(14)20-15)21-12-4-10-18(21)8-2-1-3-9-18/h5-7,11,13H,1-4,8-10,12H2. The van der Waals surface area contributed by atoms with Gasteiger partial charge in [0.2, 0.25) is 0 Å². The second kappa shape index (κ2) is 5.34. The van der Waals surface area contributed by atoms with Gasteiger partial charge in [-0.05, 0) is 37.8 Å². The van der Waals surface area contributed by atoms with Gasteiger partial charge in [-0.3, -0.25) is 9.78 Å². The minimum Gasteiger partial charge on any atom is -0.332 e. The predicted molar refractivity (Wildman–Crippen MR) is 85.6 cm³/mol. The van der Waals surface area contributed by atoms with Gasteiger partial charge in [-0.1, -0.05) is 25.3 Å². The Bertz CT molecular complexity index is 706. The fourth-order valence-corrected chi connectivity index (χ4v) is 4.21. The average molecular weight is 295 g/mol. The number of carbonyl (C=O) groups excluding carboxylic acids is 1. The molecule has 1 aliphatic heterocycles. The van der Waals surface area contributed by atoms with E-state index in [2.05, 4.69) is 14.9 Å². The molecule has 4 heteroatoms. The molecule has 2 fully saturated rings. The summed E-state index contributed by atoms with van der Waals surface area (Å²) in [6.45, 7) is 0.881. The number of pyridine rings is 2. The summed E-state index contributed by atoms with van der Waals surface area (Å²) in [7, 11) is 0. The van der Waals surface area contributed by atoms with E-state index in [1.807, 2.05) is 18.2 Å². The Morgan fingerprint density at radius 3 is 2.73 bits per heavy atom. The topological polar surface area (TPSA) is 46.1 Å². The maximum Gasteiger partial charge on any atom is 0.272 e. The summed E-state index contributed by atoms with van der Waals surface area (Å²) in [4.78, 5) is 23.8. The first-order chi connectivity index (χ1) is 10.8. The summed E-state index contributed by atoms with van der Waals surface area (Å²) in [5, 5.41) is 1.03. The van der Waals surface area contributed by atoms with E-state index in [9.17, 15) is 4.79 Å². The molecular weight excluding hydrogens is 274 g/mol. The van der Waals surface area contributed by atoms with Crippen LogP contribution in [-0.2, 0) is 0 Å². The molecule has 2 aliphatic rings. The smallest absolute Gasteiger partial charge is 0.272 e. The highest BCUT2D eigenvalue weighted by Crippen LogP contribution is 2.42. The summed E-state index contributed by atoms with van der Waals surface area (Å²) in [6.07, 6.45) is 11.9. The van der Waals surface area contributed by atoms with E-state index in [1.54, 1.807) is 12.4 Å². The number of likely N-dealkylation sites (tertiary alicyclic amines) is 1. The molecule has 3 heterocycles. The van der Waals surface area contributed by atoms with E-state index in [1.165, 1.54) is 19.3 Å². The number of aromatic nitrogens is 2. The van der Waals surface area contributed by atoms with E-state index < -0.39 is 0 Å². The summed E-state index contributed by atoms with van der Waals surface area (Å²) in [5.74, 6) is 0.102. The lowest BCUT2D eigenvalue weighted by Crippen LogP contribution is -2.48. The van der Waals surface area contributed by atoms with Crippen molar-refractivity contribution in [2.45, 2.75) is 50.5 Å². The Morgan fingerprint density at radius 2 is 1.86 bits per heavy atom. The Hall–Kier alpha value is -1.97. The van der Waals surface area contributed by atoms with Crippen molar-refractivity contribution in [1.29, 1.82) is 0 Å². The molecule has 0 unspecified atom stereocenters. The van der Waals surface area contributed by atoms with Crippen molar-refractivity contribution in [1.82, 2.24) is 14.9 Å². The maximum atomic E-state index is 13.0. The lowest BCUT2D eigenvalue weighted by molar-refractivity contribution is 0.0494. The van der Waals surface area contributed by atoms with E-state index in [-0.39, 0.29) is 11.4 Å². The molecule has 4 nitrogen and oxygen atoms in total. The molecule has 1 spiro atoms. The quantitative estimate of drug-likeness (QED) is 0.808. The van der Waals surface area contributed by atoms with Gasteiger partial charge in [-0.25, -0.2) is 4.98 Å². The molecule has 0 atom stereocenters. The zero-order valence-electron chi connectivity index (χ0n) is 12.8. The first-order valence-electron chi connectivity index (χ1n) is 8.31. The molecule has 22 heavy (non-hydrogen) atoms. The number of rotatable bonds is 1. The maximum absolute atomic E-state index is 13.0. The minimum absolute atomic E-state index is 0.102. The summed E-state index contributed by atoms with van der Waals surface area (Å²) in [5.41, 5.74) is 1.47. The van der Waals surface area contributed by atoms with Crippen molar-refractivity contribution in [3.8, 4) is 0 Å². The van der Waals surface area contributed by atoms with E-state index in [0.29, 0.717) is 5.69 Å². The van der Waals surface area contributed by atoms with Crippen LogP contribution in [0.3, 0.4) is 0 Å². The first kappa shape index (κ1) is 13.7.